The van der Waals surface area contributed by atoms with Crippen LogP contribution in [0.4, 0.5) is 19.0 Å². The monoisotopic (exact) mass is 486 g/mol. The van der Waals surface area contributed by atoms with Crippen LogP contribution in [0.25, 0.3) is 11.1 Å². The van der Waals surface area contributed by atoms with Crippen LogP contribution in [0, 0.1) is 26.7 Å². The third-order valence-electron chi connectivity index (χ3n) is 6.67. The smallest absolute Gasteiger partial charge is 0.368 e. The minimum atomic E-state index is -4.43. The highest BCUT2D eigenvalue weighted by molar-refractivity contribution is 6.01. The maximum atomic E-state index is 13.9. The second-order valence-corrected chi connectivity index (χ2v) is 9.24. The van der Waals surface area contributed by atoms with Gasteiger partial charge in [-0.1, -0.05) is 29.8 Å². The molecule has 2 atom stereocenters. The number of alkyl halides is 3. The number of halogens is 3. The number of amides is 1. The number of carbonyl (C=O) groups excluding carboxylic acids is 1. The number of nitrogens with zero attached hydrogens (tertiary/aromatic N) is 3. The first-order valence-electron chi connectivity index (χ1n) is 11.7. The minimum absolute atomic E-state index is 0.0811. The van der Waals surface area contributed by atoms with Crippen molar-refractivity contribution in [2.75, 3.05) is 18.4 Å². The van der Waals surface area contributed by atoms with Crippen LogP contribution in [0.3, 0.4) is 0 Å². The van der Waals surface area contributed by atoms with Crippen molar-refractivity contribution in [2.45, 2.75) is 52.8 Å². The molecule has 0 aliphatic carbocycles. The van der Waals surface area contributed by atoms with Gasteiger partial charge in [0, 0.05) is 30.4 Å². The minimum Gasteiger partial charge on any atom is -0.368 e. The van der Waals surface area contributed by atoms with Crippen molar-refractivity contribution < 1.29 is 22.5 Å². The Labute approximate surface area is 202 Å². The van der Waals surface area contributed by atoms with Crippen LogP contribution < -0.4 is 5.32 Å². The summed E-state index contributed by atoms with van der Waals surface area (Å²) in [5, 5.41) is 7.19. The SMILES string of the molecule is Cc1ccc(-c2c(C)noc2C)c(C(=O)N2CCCC(C)C2CNc2ccc(C(F)(F)F)cn2)c1. The molecule has 1 N–H and O–H groups in total. The van der Waals surface area contributed by atoms with Crippen LogP contribution in [0.1, 0.15) is 52.7 Å². The van der Waals surface area contributed by atoms with E-state index in [0.717, 1.165) is 47.5 Å². The first-order valence-corrected chi connectivity index (χ1v) is 11.7. The molecular weight excluding hydrogens is 457 g/mol. The molecule has 4 rings (SSSR count). The fraction of sp³-hybridized carbons (Fsp3) is 0.423. The van der Waals surface area contributed by atoms with E-state index in [1.54, 1.807) is 0 Å². The van der Waals surface area contributed by atoms with Gasteiger partial charge in [0.15, 0.2) is 0 Å². The number of likely N-dealkylation sites (tertiary alicyclic amines) is 1. The van der Waals surface area contributed by atoms with Crippen molar-refractivity contribution in [1.82, 2.24) is 15.0 Å². The molecule has 0 spiro atoms. The maximum Gasteiger partial charge on any atom is 0.417 e. The molecule has 3 aromatic rings. The summed E-state index contributed by atoms with van der Waals surface area (Å²) in [5.41, 5.74) is 3.09. The number of hydrogen-bond acceptors (Lipinski definition) is 5. The predicted octanol–water partition coefficient (Wildman–Crippen LogP) is 6.03. The van der Waals surface area contributed by atoms with Gasteiger partial charge in [-0.15, -0.1) is 0 Å². The van der Waals surface area contributed by atoms with Gasteiger partial charge in [-0.3, -0.25) is 4.79 Å². The zero-order chi connectivity index (χ0) is 25.3. The number of nitrogens with one attached hydrogen (secondary N) is 1. The van der Waals surface area contributed by atoms with Crippen molar-refractivity contribution >= 4 is 11.7 Å². The highest BCUT2D eigenvalue weighted by atomic mass is 19.4. The van der Waals surface area contributed by atoms with E-state index in [2.05, 4.69) is 22.4 Å². The number of carbonyl (C=O) groups is 1. The fourth-order valence-corrected chi connectivity index (χ4v) is 4.76. The van der Waals surface area contributed by atoms with Gasteiger partial charge in [0.2, 0.25) is 0 Å². The number of rotatable bonds is 5. The van der Waals surface area contributed by atoms with Gasteiger partial charge in [0.25, 0.3) is 5.91 Å². The number of piperidine rings is 1. The first-order chi connectivity index (χ1) is 16.6. The summed E-state index contributed by atoms with van der Waals surface area (Å²) >= 11 is 0. The van der Waals surface area contributed by atoms with Crippen LogP contribution in [0.15, 0.2) is 41.1 Å². The van der Waals surface area contributed by atoms with Gasteiger partial charge in [-0.05, 0) is 63.3 Å². The topological polar surface area (TPSA) is 71.3 Å². The molecule has 1 saturated heterocycles. The van der Waals surface area contributed by atoms with Crippen molar-refractivity contribution in [3.05, 3.63) is 64.7 Å². The van der Waals surface area contributed by atoms with Gasteiger partial charge in [-0.2, -0.15) is 13.2 Å². The quantitative estimate of drug-likeness (QED) is 0.477. The molecule has 0 saturated carbocycles. The molecule has 186 valence electrons. The molecule has 1 aliphatic heterocycles. The zero-order valence-electron chi connectivity index (χ0n) is 20.2. The molecule has 35 heavy (non-hydrogen) atoms. The van der Waals surface area contributed by atoms with Gasteiger partial charge in [0.1, 0.15) is 11.6 Å². The second-order valence-electron chi connectivity index (χ2n) is 9.24. The summed E-state index contributed by atoms with van der Waals surface area (Å²) in [6.45, 7) is 8.71. The molecule has 9 heteroatoms. The van der Waals surface area contributed by atoms with Crippen LogP contribution in [0.5, 0.6) is 0 Å². The molecule has 1 aliphatic rings. The molecule has 3 heterocycles. The van der Waals surface area contributed by atoms with Gasteiger partial charge in [-0.25, -0.2) is 4.98 Å². The van der Waals surface area contributed by atoms with E-state index in [4.69, 9.17) is 4.52 Å². The fourth-order valence-electron chi connectivity index (χ4n) is 4.76. The Morgan fingerprint density at radius 3 is 2.60 bits per heavy atom. The molecule has 2 aromatic heterocycles. The van der Waals surface area contributed by atoms with E-state index < -0.39 is 11.7 Å². The van der Waals surface area contributed by atoms with Crippen LogP contribution in [-0.2, 0) is 6.18 Å². The normalized spacial score (nSPS) is 18.5. The van der Waals surface area contributed by atoms with E-state index in [-0.39, 0.29) is 17.9 Å². The molecule has 1 fully saturated rings. The molecule has 1 amide bonds. The van der Waals surface area contributed by atoms with Crippen molar-refractivity contribution in [1.29, 1.82) is 0 Å². The lowest BCUT2D eigenvalue weighted by molar-refractivity contribution is -0.137. The molecular formula is C26H29F3N4O2. The molecule has 2 unspecified atom stereocenters. The Morgan fingerprint density at radius 1 is 1.20 bits per heavy atom. The number of hydrogen-bond donors (Lipinski definition) is 1. The summed E-state index contributed by atoms with van der Waals surface area (Å²) in [6.07, 6.45) is -1.77. The van der Waals surface area contributed by atoms with E-state index in [9.17, 15) is 18.0 Å². The summed E-state index contributed by atoms with van der Waals surface area (Å²) in [7, 11) is 0. The summed E-state index contributed by atoms with van der Waals surface area (Å²) in [6, 6.07) is 7.97. The number of aromatic nitrogens is 2. The van der Waals surface area contributed by atoms with Gasteiger partial charge >= 0.3 is 6.18 Å². The maximum absolute atomic E-state index is 13.9. The average molecular weight is 487 g/mol. The highest BCUT2D eigenvalue weighted by Gasteiger charge is 2.34. The van der Waals surface area contributed by atoms with E-state index in [0.29, 0.717) is 30.2 Å². The Kier molecular flexibility index (Phi) is 6.87. The molecule has 0 bridgehead atoms. The van der Waals surface area contributed by atoms with Crippen LogP contribution in [-0.4, -0.2) is 40.1 Å². The Hall–Kier alpha value is -3.36. The van der Waals surface area contributed by atoms with Gasteiger partial charge in [0.05, 0.1) is 17.3 Å². The lowest BCUT2D eigenvalue weighted by Gasteiger charge is -2.40. The Bertz CT molecular complexity index is 1180. The zero-order valence-corrected chi connectivity index (χ0v) is 20.2. The summed E-state index contributed by atoms with van der Waals surface area (Å²) < 4.78 is 43.9. The summed E-state index contributed by atoms with van der Waals surface area (Å²) in [4.78, 5) is 19.7. The average Bonchev–Trinajstić information content (AvgIpc) is 3.15. The predicted molar refractivity (Wildman–Crippen MR) is 127 cm³/mol. The first kappa shape index (κ1) is 24.8. The molecule has 6 nitrogen and oxygen atoms in total. The lowest BCUT2D eigenvalue weighted by atomic mass is 9.88. The molecule has 1 aromatic carbocycles. The standard InChI is InChI=1S/C26H29F3N4O2/c1-15-7-9-20(24-17(3)32-35-18(24)4)21(12-15)25(34)33-11-5-6-16(2)22(33)14-31-23-10-8-19(13-30-23)26(27,28)29/h7-10,12-13,16,22H,5-6,11,14H2,1-4H3,(H,30,31). The molecule has 0 radical (unpaired) electrons. The van der Waals surface area contributed by atoms with Gasteiger partial charge < -0.3 is 14.7 Å². The van der Waals surface area contributed by atoms with E-state index in [1.165, 1.54) is 6.07 Å². The van der Waals surface area contributed by atoms with Crippen molar-refractivity contribution in [2.24, 2.45) is 5.92 Å². The van der Waals surface area contributed by atoms with E-state index in [1.807, 2.05) is 43.9 Å². The number of aryl methyl sites for hydroxylation is 3. The third-order valence-corrected chi connectivity index (χ3v) is 6.67. The van der Waals surface area contributed by atoms with E-state index >= 15 is 0 Å². The highest BCUT2D eigenvalue weighted by Crippen LogP contribution is 2.34. The lowest BCUT2D eigenvalue weighted by Crippen LogP contribution is -2.51. The Morgan fingerprint density at radius 2 is 1.97 bits per heavy atom. The van der Waals surface area contributed by atoms with Crippen LogP contribution >= 0.6 is 0 Å². The second kappa shape index (κ2) is 9.71. The number of pyridine rings is 1. The largest absolute Gasteiger partial charge is 0.417 e. The number of anilines is 1. The van der Waals surface area contributed by atoms with Crippen molar-refractivity contribution in [3.8, 4) is 11.1 Å². The Balaban J connectivity index is 1.60. The van der Waals surface area contributed by atoms with Crippen LogP contribution in [0.2, 0.25) is 0 Å². The third kappa shape index (κ3) is 5.18. The number of benzene rings is 1. The van der Waals surface area contributed by atoms with Crippen molar-refractivity contribution in [3.63, 3.8) is 0 Å². The summed E-state index contributed by atoms with van der Waals surface area (Å²) in [5.74, 6) is 1.12.